The van der Waals surface area contributed by atoms with Crippen LogP contribution in [0.15, 0.2) is 24.0 Å². The Morgan fingerprint density at radius 2 is 1.35 bits per heavy atom. The molecule has 0 aromatic carbocycles. The molecule has 0 aromatic heterocycles. The van der Waals surface area contributed by atoms with Gasteiger partial charge in [0, 0.05) is 17.1 Å². The molecule has 4 nitrogen and oxygen atoms in total. The molecule has 0 unspecified atom stereocenters. The maximum Gasteiger partial charge on any atom is 0 e. The van der Waals surface area contributed by atoms with Crippen molar-refractivity contribution in [2.45, 2.75) is 12.8 Å². The summed E-state index contributed by atoms with van der Waals surface area (Å²) in [6.45, 7) is 13.5. The van der Waals surface area contributed by atoms with Crippen LogP contribution in [0.3, 0.4) is 0 Å². The first-order valence-corrected chi connectivity index (χ1v) is 4.32. The Morgan fingerprint density at radius 1 is 1.00 bits per heavy atom. The van der Waals surface area contributed by atoms with Gasteiger partial charge in [0.1, 0.15) is 5.76 Å². The molecule has 1 aliphatic carbocycles. The van der Waals surface area contributed by atoms with Gasteiger partial charge in [-0.2, -0.15) is 0 Å². The van der Waals surface area contributed by atoms with Crippen LogP contribution >= 0.6 is 0 Å². The van der Waals surface area contributed by atoms with E-state index in [-0.39, 0.29) is 17.1 Å². The van der Waals surface area contributed by atoms with E-state index >= 15 is 0 Å². The summed E-state index contributed by atoms with van der Waals surface area (Å²) >= 11 is 0. The van der Waals surface area contributed by atoms with Gasteiger partial charge in [-0.25, -0.2) is 0 Å². The van der Waals surface area contributed by atoms with Crippen molar-refractivity contribution in [3.63, 3.8) is 0 Å². The molecule has 0 N–H and O–H groups in total. The Balaban J connectivity index is -0.0000000550. The molecule has 0 aromatic rings. The maximum absolute atomic E-state index is 9.75. The zero-order valence-corrected chi connectivity index (χ0v) is 11.3. The minimum atomic E-state index is -6.00. The van der Waals surface area contributed by atoms with E-state index in [2.05, 4.69) is 32.1 Å². The van der Waals surface area contributed by atoms with Gasteiger partial charge in [0.15, 0.2) is 0 Å². The fourth-order valence-corrected chi connectivity index (χ4v) is 0.741. The largest absolute Gasteiger partial charge is 0 e. The van der Waals surface area contributed by atoms with Crippen LogP contribution in [0.2, 0.25) is 0 Å². The molecule has 0 heterocycles. The Kier molecular flexibility index (Phi) is 41.3. The molecule has 0 spiro atoms. The van der Waals surface area contributed by atoms with Crippen LogP contribution in [-0.4, -0.2) is 14.4 Å². The molecule has 0 bridgehead atoms. The number of methoxy groups -OCH3 is 1. The van der Waals surface area contributed by atoms with Crippen molar-refractivity contribution in [2.75, 3.05) is 7.11 Å². The summed E-state index contributed by atoms with van der Waals surface area (Å²) in [7, 11) is -4.30. The van der Waals surface area contributed by atoms with Crippen molar-refractivity contribution >= 4 is 7.25 Å². The van der Waals surface area contributed by atoms with Crippen molar-refractivity contribution in [1.82, 2.24) is 0 Å². The van der Waals surface area contributed by atoms with Gasteiger partial charge < -0.3 is 22.0 Å². The van der Waals surface area contributed by atoms with Crippen LogP contribution in [0, 0.1) is 20.0 Å². The van der Waals surface area contributed by atoms with Crippen molar-refractivity contribution in [2.24, 2.45) is 0 Å². The standard InChI is InChI=1S/C7H10O.3CO.BF4.Fe/c1-8-7-5-3-2-4-6-7;3*1-2;2-1(3,4)5;/h3,5-6H,2,4H2,1H3;;;;;/q;;;;-1;. The molecular formula is C10H10BF4FeO4-. The molecule has 0 saturated carbocycles. The summed E-state index contributed by atoms with van der Waals surface area (Å²) in [6.07, 6.45) is 8.51. The summed E-state index contributed by atoms with van der Waals surface area (Å²) in [5.41, 5.74) is 0. The summed E-state index contributed by atoms with van der Waals surface area (Å²) in [5, 5.41) is 0. The van der Waals surface area contributed by atoms with Crippen molar-refractivity contribution in [3.8, 4) is 0 Å². The number of hydrogen-bond acceptors (Lipinski definition) is 1. The van der Waals surface area contributed by atoms with Gasteiger partial charge in [0.05, 0.1) is 7.11 Å². The first-order chi connectivity index (χ1) is 8.93. The average molecular weight is 337 g/mol. The van der Waals surface area contributed by atoms with Gasteiger partial charge in [0.2, 0.25) is 0 Å². The molecule has 0 radical (unpaired) electrons. The van der Waals surface area contributed by atoms with Crippen molar-refractivity contribution in [1.29, 1.82) is 0 Å². The normalized spacial score (nSPS) is 10.4. The van der Waals surface area contributed by atoms with Gasteiger partial charge in [-0.05, 0) is 25.0 Å². The number of rotatable bonds is 1. The fourth-order valence-electron chi connectivity index (χ4n) is 0.741. The van der Waals surface area contributed by atoms with Gasteiger partial charge in [-0.1, -0.05) is 6.08 Å². The molecule has 1 rings (SSSR count). The van der Waals surface area contributed by atoms with E-state index in [1.54, 1.807) is 7.11 Å². The van der Waals surface area contributed by atoms with Crippen LogP contribution in [0.4, 0.5) is 17.3 Å². The molecule has 20 heavy (non-hydrogen) atoms. The van der Waals surface area contributed by atoms with E-state index in [9.17, 15) is 17.3 Å². The molecule has 10 heteroatoms. The third-order valence-corrected chi connectivity index (χ3v) is 1.20. The Bertz CT molecular complexity index is 290. The van der Waals surface area contributed by atoms with E-state index in [1.165, 1.54) is 0 Å². The molecule has 0 saturated heterocycles. The van der Waals surface area contributed by atoms with Crippen LogP contribution in [-0.2, 0) is 35.8 Å². The van der Waals surface area contributed by atoms with Crippen molar-refractivity contribution in [3.05, 3.63) is 43.9 Å². The van der Waals surface area contributed by atoms with Crippen LogP contribution < -0.4 is 0 Å². The molecule has 1 aliphatic rings. The topological polar surface area (TPSA) is 68.9 Å². The fraction of sp³-hybridized carbons (Fsp3) is 0.300. The van der Waals surface area contributed by atoms with Gasteiger partial charge in [-0.15, -0.1) is 0 Å². The predicted octanol–water partition coefficient (Wildman–Crippen LogP) is 3.05. The quantitative estimate of drug-likeness (QED) is 0.314. The molecule has 0 amide bonds. The molecular weight excluding hydrogens is 327 g/mol. The monoisotopic (exact) mass is 337 g/mol. The number of allylic oxidation sites excluding steroid dienone is 3. The molecule has 0 atom stereocenters. The van der Waals surface area contributed by atoms with Crippen LogP contribution in [0.1, 0.15) is 12.8 Å². The Hall–Kier alpha value is -1.20. The van der Waals surface area contributed by atoms with Gasteiger partial charge >= 0.3 is 41.2 Å². The Morgan fingerprint density at radius 3 is 1.50 bits per heavy atom. The van der Waals surface area contributed by atoms with E-state index in [1.807, 2.05) is 6.08 Å². The van der Waals surface area contributed by atoms with E-state index < -0.39 is 7.25 Å². The minimum Gasteiger partial charge on any atom is 0 e. The summed E-state index contributed by atoms with van der Waals surface area (Å²) in [5.74, 6) is 0.997. The van der Waals surface area contributed by atoms with Crippen LogP contribution in [0.25, 0.3) is 0 Å². The Labute approximate surface area is 125 Å². The number of hydrogen-bond donors (Lipinski definition) is 0. The average Bonchev–Trinajstić information content (AvgIpc) is 2.44. The van der Waals surface area contributed by atoms with Crippen molar-refractivity contribution < 1.29 is 53.0 Å². The van der Waals surface area contributed by atoms with E-state index in [0.29, 0.717) is 0 Å². The summed E-state index contributed by atoms with van der Waals surface area (Å²) in [4.78, 5) is 0. The van der Waals surface area contributed by atoms with Gasteiger partial charge in [0.25, 0.3) is 0 Å². The van der Waals surface area contributed by atoms with Crippen LogP contribution in [0.5, 0.6) is 0 Å². The zero-order valence-electron chi connectivity index (χ0n) is 10.2. The number of ether oxygens (including phenoxy) is 1. The van der Waals surface area contributed by atoms with E-state index in [0.717, 1.165) is 18.6 Å². The second-order valence-corrected chi connectivity index (χ2v) is 2.29. The third-order valence-electron chi connectivity index (χ3n) is 1.20. The second kappa shape index (κ2) is 26.4. The first-order valence-electron chi connectivity index (χ1n) is 4.32. The summed E-state index contributed by atoms with van der Waals surface area (Å²) in [6, 6.07) is 0. The predicted molar refractivity (Wildman–Crippen MR) is 55.4 cm³/mol. The summed E-state index contributed by atoms with van der Waals surface area (Å²) < 4.78 is 66.5. The molecule has 0 aliphatic heterocycles. The molecule has 0 fully saturated rings. The minimum absolute atomic E-state index is 0. The number of halogens is 4. The smallest absolute Gasteiger partial charge is 0 e. The second-order valence-electron chi connectivity index (χ2n) is 2.29. The van der Waals surface area contributed by atoms with Gasteiger partial charge in [-0.3, -0.25) is 0 Å². The SMILES string of the molecule is COC1=CCCC=C1.F[B-](F)(F)F.[C-]#[O+].[C-]#[O+].[C-]#[O+].[Fe]. The first kappa shape index (κ1) is 31.3. The van der Waals surface area contributed by atoms with E-state index in [4.69, 9.17) is 18.7 Å². The zero-order chi connectivity index (χ0) is 16.3. The molecule has 114 valence electrons. The third kappa shape index (κ3) is 54.1. The maximum atomic E-state index is 9.75.